The lowest BCUT2D eigenvalue weighted by molar-refractivity contribution is -0.148. The predicted molar refractivity (Wildman–Crippen MR) is 111 cm³/mol. The third-order valence-electron chi connectivity index (χ3n) is 5.98. The average Bonchev–Trinajstić information content (AvgIpc) is 2.78. The molecule has 1 atom stereocenters. The Morgan fingerprint density at radius 1 is 1.03 bits per heavy atom. The van der Waals surface area contributed by atoms with E-state index in [9.17, 15) is 9.59 Å². The van der Waals surface area contributed by atoms with E-state index in [0.29, 0.717) is 26.1 Å². The molecule has 0 bridgehead atoms. The summed E-state index contributed by atoms with van der Waals surface area (Å²) >= 11 is 0. The van der Waals surface area contributed by atoms with Crippen molar-refractivity contribution in [2.24, 2.45) is 0 Å². The van der Waals surface area contributed by atoms with E-state index < -0.39 is 0 Å². The number of amides is 2. The Bertz CT molecular complexity index is 716. The van der Waals surface area contributed by atoms with Crippen LogP contribution in [0.3, 0.4) is 0 Å². The monoisotopic (exact) mass is 403 g/mol. The maximum Gasteiger partial charge on any atom is 0.245 e. The van der Waals surface area contributed by atoms with Crippen molar-refractivity contribution in [2.45, 2.75) is 45.2 Å². The highest BCUT2D eigenvalue weighted by atomic mass is 16.5. The molecule has 0 spiro atoms. The summed E-state index contributed by atoms with van der Waals surface area (Å²) in [5.41, 5.74) is 1.08. The highest BCUT2D eigenvalue weighted by Crippen LogP contribution is 2.26. The van der Waals surface area contributed by atoms with Crippen LogP contribution in [-0.4, -0.2) is 79.5 Å². The molecule has 2 amide bonds. The fourth-order valence-electron chi connectivity index (χ4n) is 4.27. The molecule has 2 heterocycles. The smallest absolute Gasteiger partial charge is 0.245 e. The van der Waals surface area contributed by atoms with Crippen LogP contribution in [-0.2, 0) is 16.1 Å². The van der Waals surface area contributed by atoms with E-state index in [1.165, 1.54) is 0 Å². The van der Waals surface area contributed by atoms with Gasteiger partial charge in [0.15, 0.2) is 0 Å². The topological polar surface area (TPSA) is 62.3 Å². The highest BCUT2D eigenvalue weighted by Gasteiger charge is 2.35. The Hall–Kier alpha value is -2.28. The summed E-state index contributed by atoms with van der Waals surface area (Å²) in [4.78, 5) is 31.4. The van der Waals surface area contributed by atoms with Gasteiger partial charge in [0.25, 0.3) is 0 Å². The predicted octanol–water partition coefficient (Wildman–Crippen LogP) is 2.14. The lowest BCUT2D eigenvalue weighted by atomic mass is 10.00. The summed E-state index contributed by atoms with van der Waals surface area (Å²) in [5, 5.41) is 0. The molecule has 7 heteroatoms. The van der Waals surface area contributed by atoms with Crippen LogP contribution < -0.4 is 9.47 Å². The number of benzene rings is 1. The van der Waals surface area contributed by atoms with Gasteiger partial charge < -0.3 is 19.3 Å². The first-order valence-electron chi connectivity index (χ1n) is 10.6. The van der Waals surface area contributed by atoms with Gasteiger partial charge in [-0.3, -0.25) is 14.5 Å². The zero-order valence-corrected chi connectivity index (χ0v) is 17.9. The first-order chi connectivity index (χ1) is 14.1. The van der Waals surface area contributed by atoms with Crippen LogP contribution in [0.2, 0.25) is 0 Å². The summed E-state index contributed by atoms with van der Waals surface area (Å²) in [6.45, 7) is 6.32. The molecule has 160 valence electrons. The Kier molecular flexibility index (Phi) is 7.36. The number of piperazine rings is 1. The standard InChI is InChI=1S/C22H33N3O4/c1-4-21(26)25-10-6-5-7-19(25)22(27)24-13-11-23(12-14-24)16-17-15-18(28-2)8-9-20(17)29-3/h8-9,15,19H,4-7,10-14,16H2,1-3H3. The number of piperidine rings is 1. The van der Waals surface area contributed by atoms with Gasteiger partial charge in [-0.25, -0.2) is 0 Å². The molecule has 1 unspecified atom stereocenters. The SMILES string of the molecule is CCC(=O)N1CCCCC1C(=O)N1CCN(Cc2cc(OC)ccc2OC)CC1. The van der Waals surface area contributed by atoms with E-state index in [2.05, 4.69) is 4.90 Å². The fourth-order valence-corrected chi connectivity index (χ4v) is 4.27. The molecule has 2 saturated heterocycles. The van der Waals surface area contributed by atoms with E-state index in [1.807, 2.05) is 30.0 Å². The van der Waals surface area contributed by atoms with E-state index in [-0.39, 0.29) is 17.9 Å². The number of hydrogen-bond donors (Lipinski definition) is 0. The number of carbonyl (C=O) groups is 2. The zero-order valence-electron chi connectivity index (χ0n) is 17.9. The molecule has 1 aromatic rings. The maximum absolute atomic E-state index is 13.1. The van der Waals surface area contributed by atoms with Crippen molar-refractivity contribution in [3.05, 3.63) is 23.8 Å². The molecule has 3 rings (SSSR count). The minimum Gasteiger partial charge on any atom is -0.497 e. The van der Waals surface area contributed by atoms with Crippen LogP contribution in [0.5, 0.6) is 11.5 Å². The molecular formula is C22H33N3O4. The second-order valence-electron chi connectivity index (χ2n) is 7.73. The van der Waals surface area contributed by atoms with Crippen molar-refractivity contribution in [2.75, 3.05) is 46.9 Å². The number of methoxy groups -OCH3 is 2. The molecule has 0 N–H and O–H groups in total. The molecule has 29 heavy (non-hydrogen) atoms. The number of nitrogens with zero attached hydrogens (tertiary/aromatic N) is 3. The number of hydrogen-bond acceptors (Lipinski definition) is 5. The summed E-state index contributed by atoms with van der Waals surface area (Å²) in [6, 6.07) is 5.55. The number of likely N-dealkylation sites (tertiary alicyclic amines) is 1. The van der Waals surface area contributed by atoms with Crippen LogP contribution >= 0.6 is 0 Å². The summed E-state index contributed by atoms with van der Waals surface area (Å²) < 4.78 is 10.8. The van der Waals surface area contributed by atoms with E-state index >= 15 is 0 Å². The first kappa shape index (κ1) is 21.4. The first-order valence-corrected chi connectivity index (χ1v) is 10.6. The van der Waals surface area contributed by atoms with Crippen molar-refractivity contribution in [1.29, 1.82) is 0 Å². The molecular weight excluding hydrogens is 370 g/mol. The number of rotatable bonds is 6. The van der Waals surface area contributed by atoms with Crippen LogP contribution in [0.15, 0.2) is 18.2 Å². The second-order valence-corrected chi connectivity index (χ2v) is 7.73. The number of carbonyl (C=O) groups excluding carboxylic acids is 2. The molecule has 2 fully saturated rings. The van der Waals surface area contributed by atoms with Crippen LogP contribution in [0.25, 0.3) is 0 Å². The van der Waals surface area contributed by atoms with Crippen molar-refractivity contribution < 1.29 is 19.1 Å². The Labute approximate surface area is 173 Å². The summed E-state index contributed by atoms with van der Waals surface area (Å²) in [7, 11) is 3.34. The van der Waals surface area contributed by atoms with Gasteiger partial charge in [0, 0.05) is 51.3 Å². The highest BCUT2D eigenvalue weighted by molar-refractivity contribution is 5.88. The van der Waals surface area contributed by atoms with Crippen LogP contribution in [0.4, 0.5) is 0 Å². The van der Waals surface area contributed by atoms with Crippen molar-refractivity contribution >= 4 is 11.8 Å². The molecule has 0 aromatic heterocycles. The molecule has 0 aliphatic carbocycles. The van der Waals surface area contributed by atoms with Gasteiger partial charge in [0.05, 0.1) is 14.2 Å². The molecule has 0 radical (unpaired) electrons. The minimum absolute atomic E-state index is 0.0896. The van der Waals surface area contributed by atoms with E-state index in [1.54, 1.807) is 19.1 Å². The third-order valence-corrected chi connectivity index (χ3v) is 5.98. The zero-order chi connectivity index (χ0) is 20.8. The largest absolute Gasteiger partial charge is 0.497 e. The molecule has 2 aliphatic heterocycles. The quantitative estimate of drug-likeness (QED) is 0.728. The normalized spacial score (nSPS) is 20.4. The van der Waals surface area contributed by atoms with Crippen molar-refractivity contribution in [3.63, 3.8) is 0 Å². The van der Waals surface area contributed by atoms with Gasteiger partial charge in [-0.2, -0.15) is 0 Å². The maximum atomic E-state index is 13.1. The van der Waals surface area contributed by atoms with Crippen LogP contribution in [0.1, 0.15) is 38.2 Å². The molecule has 1 aromatic carbocycles. The van der Waals surface area contributed by atoms with E-state index in [4.69, 9.17) is 9.47 Å². The Morgan fingerprint density at radius 2 is 1.79 bits per heavy atom. The second kappa shape index (κ2) is 9.96. The van der Waals surface area contributed by atoms with E-state index in [0.717, 1.165) is 56.0 Å². The summed E-state index contributed by atoms with van der Waals surface area (Å²) in [6.07, 6.45) is 3.25. The van der Waals surface area contributed by atoms with Gasteiger partial charge in [0.2, 0.25) is 11.8 Å². The lowest BCUT2D eigenvalue weighted by Gasteiger charge is -2.41. The average molecular weight is 404 g/mol. The van der Waals surface area contributed by atoms with Gasteiger partial charge in [-0.15, -0.1) is 0 Å². The van der Waals surface area contributed by atoms with Gasteiger partial charge in [0.1, 0.15) is 17.5 Å². The molecule has 2 aliphatic rings. The Morgan fingerprint density at radius 3 is 2.45 bits per heavy atom. The minimum atomic E-state index is -0.277. The van der Waals surface area contributed by atoms with Gasteiger partial charge in [-0.05, 0) is 37.5 Å². The fraction of sp³-hybridized carbons (Fsp3) is 0.636. The summed E-state index contributed by atoms with van der Waals surface area (Å²) in [5.74, 6) is 1.87. The van der Waals surface area contributed by atoms with Gasteiger partial charge >= 0.3 is 0 Å². The van der Waals surface area contributed by atoms with Crippen molar-refractivity contribution in [1.82, 2.24) is 14.7 Å². The lowest BCUT2D eigenvalue weighted by Crippen LogP contribution is -2.57. The number of ether oxygens (including phenoxy) is 2. The third kappa shape index (κ3) is 5.01. The molecule has 0 saturated carbocycles. The van der Waals surface area contributed by atoms with Gasteiger partial charge in [-0.1, -0.05) is 6.92 Å². The van der Waals surface area contributed by atoms with Crippen LogP contribution in [0, 0.1) is 0 Å². The van der Waals surface area contributed by atoms with Crippen molar-refractivity contribution in [3.8, 4) is 11.5 Å². The molecule has 7 nitrogen and oxygen atoms in total. The Balaban J connectivity index is 1.59.